The highest BCUT2D eigenvalue weighted by Crippen LogP contribution is 2.28. The van der Waals surface area contributed by atoms with Crippen molar-refractivity contribution in [3.8, 4) is 11.1 Å². The summed E-state index contributed by atoms with van der Waals surface area (Å²) in [6, 6.07) is 24.2. The summed E-state index contributed by atoms with van der Waals surface area (Å²) in [5.74, 6) is 0. The van der Waals surface area contributed by atoms with E-state index in [0.29, 0.717) is 0 Å². The number of hydrogen-bond donors (Lipinski definition) is 0. The lowest BCUT2D eigenvalue weighted by Gasteiger charge is -2.11. The first-order valence-corrected chi connectivity index (χ1v) is 13.2. The molecule has 0 radical (unpaired) electrons. The van der Waals surface area contributed by atoms with Crippen molar-refractivity contribution in [1.29, 1.82) is 0 Å². The molecule has 0 amide bonds. The second kappa shape index (κ2) is 15.6. The Morgan fingerprint density at radius 1 is 0.684 bits per heavy atom. The highest BCUT2D eigenvalue weighted by molar-refractivity contribution is 5.79. The second-order valence-electron chi connectivity index (χ2n) is 9.02. The van der Waals surface area contributed by atoms with E-state index in [4.69, 9.17) is 0 Å². The molecule has 0 unspecified atom stereocenters. The van der Waals surface area contributed by atoms with Crippen molar-refractivity contribution in [1.82, 2.24) is 0 Å². The topological polar surface area (TPSA) is 0 Å². The van der Waals surface area contributed by atoms with Gasteiger partial charge in [0.1, 0.15) is 0 Å². The maximum atomic E-state index is 3.75. The monoisotopic (exact) mass is 494 g/mol. The summed E-state index contributed by atoms with van der Waals surface area (Å²) in [6.07, 6.45) is 29.9. The molecule has 0 saturated carbocycles. The molecule has 3 aromatic rings. The predicted octanol–water partition coefficient (Wildman–Crippen LogP) is 10.9. The normalized spacial score (nSPS) is 12.9. The van der Waals surface area contributed by atoms with Crippen molar-refractivity contribution in [2.45, 2.75) is 27.2 Å². The quantitative estimate of drug-likeness (QED) is 0.233. The van der Waals surface area contributed by atoms with Gasteiger partial charge in [-0.15, -0.1) is 0 Å². The van der Waals surface area contributed by atoms with E-state index < -0.39 is 0 Å². The Kier molecular flexibility index (Phi) is 11.6. The molecular formula is C38H38. The van der Waals surface area contributed by atoms with Crippen LogP contribution < -0.4 is 0 Å². The molecule has 0 bridgehead atoms. The molecule has 0 spiro atoms. The van der Waals surface area contributed by atoms with Crippen LogP contribution in [0, 0.1) is 0 Å². The minimum Gasteiger partial charge on any atom is -0.0991 e. The molecule has 0 N–H and O–H groups in total. The molecule has 0 heterocycles. The lowest BCUT2D eigenvalue weighted by atomic mass is 9.94. The number of benzene rings is 3. The first kappa shape index (κ1) is 28.2. The average molecular weight is 495 g/mol. The van der Waals surface area contributed by atoms with Crippen LogP contribution in [0.2, 0.25) is 0 Å². The summed E-state index contributed by atoms with van der Waals surface area (Å²) in [5.41, 5.74) is 9.79. The van der Waals surface area contributed by atoms with Gasteiger partial charge in [-0.3, -0.25) is 0 Å². The van der Waals surface area contributed by atoms with Gasteiger partial charge < -0.3 is 0 Å². The summed E-state index contributed by atoms with van der Waals surface area (Å²) in [7, 11) is 0. The maximum Gasteiger partial charge on any atom is -0.00941 e. The summed E-state index contributed by atoms with van der Waals surface area (Å²) in [4.78, 5) is 0. The van der Waals surface area contributed by atoms with Crippen LogP contribution in [0.5, 0.6) is 0 Å². The smallest absolute Gasteiger partial charge is 0.00941 e. The Morgan fingerprint density at radius 3 is 2.16 bits per heavy atom. The summed E-state index contributed by atoms with van der Waals surface area (Å²) >= 11 is 0. The SMILES string of the molecule is C=C/C=C\C=C(/C)c1ccc(-c2cccc(/C=C/Cc3ccc(/C=C\C=C/C)cc3)c2)cc1/C=C\C=C/C. The zero-order valence-corrected chi connectivity index (χ0v) is 22.8. The molecule has 3 aromatic carbocycles. The standard InChI is InChI=1S/C38H38/c1-5-8-11-16-31(4)38-28-27-36(30-37(38)21-13-10-7-3)35-22-15-20-34(29-35)19-14-18-33-25-23-32(24-26-33)17-12-9-6-2/h5-17,19-30H,1,18H2,2-4H3/b9-6-,10-7-,11-8-,17-12-,19-14+,21-13-,31-16+. The van der Waals surface area contributed by atoms with Gasteiger partial charge in [0.05, 0.1) is 0 Å². The van der Waals surface area contributed by atoms with Gasteiger partial charge in [0, 0.05) is 0 Å². The van der Waals surface area contributed by atoms with Gasteiger partial charge in [-0.2, -0.15) is 0 Å². The molecule has 0 aliphatic rings. The number of rotatable bonds is 11. The zero-order chi connectivity index (χ0) is 27.0. The van der Waals surface area contributed by atoms with Crippen molar-refractivity contribution in [3.63, 3.8) is 0 Å². The van der Waals surface area contributed by atoms with Crippen LogP contribution >= 0.6 is 0 Å². The molecule has 0 aliphatic heterocycles. The predicted molar refractivity (Wildman–Crippen MR) is 172 cm³/mol. The first-order chi connectivity index (χ1) is 18.6. The first-order valence-electron chi connectivity index (χ1n) is 13.2. The Bertz CT molecular complexity index is 1400. The van der Waals surface area contributed by atoms with E-state index in [0.717, 1.165) is 6.42 Å². The summed E-state index contributed by atoms with van der Waals surface area (Å²) < 4.78 is 0. The van der Waals surface area contributed by atoms with Crippen LogP contribution in [0.25, 0.3) is 34.9 Å². The van der Waals surface area contributed by atoms with Gasteiger partial charge in [0.15, 0.2) is 0 Å². The number of allylic oxidation sites excluding steroid dienone is 12. The fraction of sp³-hybridized carbons (Fsp3) is 0.105. The van der Waals surface area contributed by atoms with Crippen LogP contribution in [-0.2, 0) is 6.42 Å². The van der Waals surface area contributed by atoms with E-state index in [-0.39, 0.29) is 0 Å². The third-order valence-electron chi connectivity index (χ3n) is 6.10. The van der Waals surface area contributed by atoms with Gasteiger partial charge in [0.2, 0.25) is 0 Å². The van der Waals surface area contributed by atoms with Crippen LogP contribution in [0.15, 0.2) is 140 Å². The van der Waals surface area contributed by atoms with Gasteiger partial charge in [-0.05, 0) is 83.8 Å². The average Bonchev–Trinajstić information content (AvgIpc) is 2.94. The second-order valence-corrected chi connectivity index (χ2v) is 9.02. The Balaban J connectivity index is 1.80. The van der Waals surface area contributed by atoms with E-state index in [2.05, 4.69) is 129 Å². The molecular weight excluding hydrogens is 456 g/mol. The number of hydrogen-bond acceptors (Lipinski definition) is 0. The third-order valence-corrected chi connectivity index (χ3v) is 6.10. The van der Waals surface area contributed by atoms with Crippen LogP contribution in [0.1, 0.15) is 48.6 Å². The van der Waals surface area contributed by atoms with E-state index in [1.54, 1.807) is 6.08 Å². The van der Waals surface area contributed by atoms with Crippen molar-refractivity contribution in [3.05, 3.63) is 168 Å². The van der Waals surface area contributed by atoms with E-state index in [9.17, 15) is 0 Å². The Morgan fingerprint density at radius 2 is 1.42 bits per heavy atom. The minimum absolute atomic E-state index is 0.906. The molecule has 3 rings (SSSR count). The molecule has 0 fully saturated rings. The molecule has 0 nitrogen and oxygen atoms in total. The fourth-order valence-electron chi connectivity index (χ4n) is 4.07. The van der Waals surface area contributed by atoms with Gasteiger partial charge in [-0.25, -0.2) is 0 Å². The largest absolute Gasteiger partial charge is 0.0991 e. The van der Waals surface area contributed by atoms with E-state index in [1.165, 1.54) is 44.5 Å². The molecule has 190 valence electrons. The lowest BCUT2D eigenvalue weighted by Crippen LogP contribution is -1.89. The van der Waals surface area contributed by atoms with E-state index >= 15 is 0 Å². The molecule has 0 heteroatoms. The van der Waals surface area contributed by atoms with Crippen LogP contribution in [0.4, 0.5) is 0 Å². The van der Waals surface area contributed by atoms with Crippen LogP contribution in [0.3, 0.4) is 0 Å². The molecule has 0 atom stereocenters. The highest BCUT2D eigenvalue weighted by atomic mass is 14.1. The van der Waals surface area contributed by atoms with Crippen molar-refractivity contribution >= 4 is 23.8 Å². The van der Waals surface area contributed by atoms with Gasteiger partial charge in [-0.1, -0.05) is 146 Å². The van der Waals surface area contributed by atoms with Crippen molar-refractivity contribution in [2.75, 3.05) is 0 Å². The maximum absolute atomic E-state index is 3.75. The van der Waals surface area contributed by atoms with E-state index in [1.807, 2.05) is 44.2 Å². The minimum atomic E-state index is 0.906. The highest BCUT2D eigenvalue weighted by Gasteiger charge is 2.06. The van der Waals surface area contributed by atoms with Crippen LogP contribution in [-0.4, -0.2) is 0 Å². The zero-order valence-electron chi connectivity index (χ0n) is 22.8. The van der Waals surface area contributed by atoms with Crippen molar-refractivity contribution < 1.29 is 0 Å². The molecule has 0 aromatic heterocycles. The van der Waals surface area contributed by atoms with Crippen molar-refractivity contribution in [2.24, 2.45) is 0 Å². The fourth-order valence-corrected chi connectivity index (χ4v) is 4.07. The van der Waals surface area contributed by atoms with Gasteiger partial charge in [0.25, 0.3) is 0 Å². The summed E-state index contributed by atoms with van der Waals surface area (Å²) in [5, 5.41) is 0. The molecule has 0 saturated heterocycles. The Labute approximate surface area is 229 Å². The summed E-state index contributed by atoms with van der Waals surface area (Å²) in [6.45, 7) is 9.96. The third kappa shape index (κ3) is 8.91. The Hall–Kier alpha value is -4.42. The lowest BCUT2D eigenvalue weighted by molar-refractivity contribution is 1.28. The van der Waals surface area contributed by atoms with Gasteiger partial charge >= 0.3 is 0 Å². The molecule has 38 heavy (non-hydrogen) atoms. The molecule has 0 aliphatic carbocycles.